The molecule has 2 saturated heterocycles. The van der Waals surface area contributed by atoms with E-state index in [1.807, 2.05) is 18.2 Å². The molecule has 2 fully saturated rings. The second-order valence-electron chi connectivity index (χ2n) is 7.29. The lowest BCUT2D eigenvalue weighted by molar-refractivity contribution is -0.117. The van der Waals surface area contributed by atoms with Crippen molar-refractivity contribution in [2.24, 2.45) is 0 Å². The van der Waals surface area contributed by atoms with E-state index in [9.17, 15) is 18.0 Å². The zero-order chi connectivity index (χ0) is 20.1. The van der Waals surface area contributed by atoms with E-state index >= 15 is 0 Å². The van der Waals surface area contributed by atoms with E-state index in [-0.39, 0.29) is 17.9 Å². The molecule has 2 aliphatic heterocycles. The molecule has 28 heavy (non-hydrogen) atoms. The molecule has 7 nitrogen and oxygen atoms in total. The summed E-state index contributed by atoms with van der Waals surface area (Å²) < 4.78 is 27.5. The van der Waals surface area contributed by atoms with Crippen LogP contribution in [0.3, 0.4) is 0 Å². The minimum absolute atomic E-state index is 0.0118. The number of amides is 2. The van der Waals surface area contributed by atoms with E-state index < -0.39 is 15.3 Å². The van der Waals surface area contributed by atoms with Gasteiger partial charge in [0, 0.05) is 37.8 Å². The predicted molar refractivity (Wildman–Crippen MR) is 107 cm³/mol. The van der Waals surface area contributed by atoms with Gasteiger partial charge in [0.2, 0.25) is 15.9 Å². The van der Waals surface area contributed by atoms with Crippen molar-refractivity contribution in [2.45, 2.75) is 37.0 Å². The summed E-state index contributed by atoms with van der Waals surface area (Å²) in [6.45, 7) is 5.15. The number of carbonyl (C=O) groups excluding carboxylic acids is 2. The van der Waals surface area contributed by atoms with Gasteiger partial charge in [-0.2, -0.15) is 0 Å². The number of nitrogens with one attached hydrogen (secondary N) is 1. The van der Waals surface area contributed by atoms with Crippen LogP contribution in [0.25, 0.3) is 0 Å². The summed E-state index contributed by atoms with van der Waals surface area (Å²) in [5, 5.41) is 2.38. The fourth-order valence-corrected chi connectivity index (χ4v) is 5.79. The lowest BCUT2D eigenvalue weighted by atomic mass is 10.1. The predicted octanol–water partition coefficient (Wildman–Crippen LogP) is 1.39. The number of piperidine rings is 2. The molecule has 0 unspecified atom stereocenters. The Morgan fingerprint density at radius 3 is 2.18 bits per heavy atom. The highest BCUT2D eigenvalue weighted by molar-refractivity contribution is 7.89. The second kappa shape index (κ2) is 8.87. The average Bonchev–Trinajstić information content (AvgIpc) is 2.74. The number of rotatable bonds is 5. The molecule has 3 rings (SSSR count). The Kier molecular flexibility index (Phi) is 6.51. The van der Waals surface area contributed by atoms with E-state index in [0.717, 1.165) is 0 Å². The number of hydrogen-bond acceptors (Lipinski definition) is 4. The number of hydrogen-bond donors (Lipinski definition) is 1. The van der Waals surface area contributed by atoms with Gasteiger partial charge in [0.1, 0.15) is 0 Å². The molecular weight excluding hydrogens is 378 g/mol. The van der Waals surface area contributed by atoms with E-state index in [2.05, 4.69) is 11.9 Å². The van der Waals surface area contributed by atoms with Crippen LogP contribution in [0.1, 0.15) is 36.0 Å². The first-order valence-corrected chi connectivity index (χ1v) is 11.2. The van der Waals surface area contributed by atoms with Crippen molar-refractivity contribution in [3.63, 3.8) is 0 Å². The summed E-state index contributed by atoms with van der Waals surface area (Å²) in [5.41, 5.74) is 0.632. The number of benzene rings is 1. The van der Waals surface area contributed by atoms with E-state index in [4.69, 9.17) is 0 Å². The van der Waals surface area contributed by atoms with Crippen molar-refractivity contribution in [3.05, 3.63) is 48.6 Å². The molecule has 1 aromatic rings. The van der Waals surface area contributed by atoms with Crippen LogP contribution in [0.4, 0.5) is 0 Å². The summed E-state index contributed by atoms with van der Waals surface area (Å²) in [7, 11) is -3.39. The Bertz CT molecular complexity index is 809. The zero-order valence-corrected chi connectivity index (χ0v) is 16.7. The average molecular weight is 406 g/mol. The normalized spacial score (nSPS) is 19.9. The maximum absolute atomic E-state index is 13.0. The molecule has 2 amide bonds. The Morgan fingerprint density at radius 2 is 1.61 bits per heavy atom. The van der Waals surface area contributed by atoms with Crippen LogP contribution < -0.4 is 5.32 Å². The lowest BCUT2D eigenvalue weighted by Gasteiger charge is -2.37. The molecule has 0 radical (unpaired) electrons. The van der Waals surface area contributed by atoms with Crippen molar-refractivity contribution in [1.82, 2.24) is 14.5 Å². The Balaban J connectivity index is 1.53. The summed E-state index contributed by atoms with van der Waals surface area (Å²) >= 11 is 0. The van der Waals surface area contributed by atoms with Gasteiger partial charge in [0.25, 0.3) is 5.91 Å². The first kappa shape index (κ1) is 20.5. The number of likely N-dealkylation sites (tertiary alicyclic amines) is 1. The molecule has 152 valence electrons. The maximum Gasteiger partial charge on any atom is 0.253 e. The van der Waals surface area contributed by atoms with Crippen LogP contribution >= 0.6 is 0 Å². The molecule has 8 heteroatoms. The highest BCUT2D eigenvalue weighted by Gasteiger charge is 2.37. The van der Waals surface area contributed by atoms with Gasteiger partial charge in [-0.25, -0.2) is 12.7 Å². The molecule has 0 bridgehead atoms. The quantitative estimate of drug-likeness (QED) is 0.750. The van der Waals surface area contributed by atoms with Crippen molar-refractivity contribution < 1.29 is 18.0 Å². The highest BCUT2D eigenvalue weighted by atomic mass is 32.2. The van der Waals surface area contributed by atoms with Gasteiger partial charge in [0.05, 0.1) is 5.25 Å². The molecular formula is C20H27N3O4S. The Hall–Kier alpha value is -2.19. The van der Waals surface area contributed by atoms with Gasteiger partial charge in [-0.3, -0.25) is 9.59 Å². The van der Waals surface area contributed by atoms with E-state index in [1.165, 1.54) is 6.08 Å². The van der Waals surface area contributed by atoms with Crippen LogP contribution in [-0.2, 0) is 14.8 Å². The topological polar surface area (TPSA) is 86.8 Å². The van der Waals surface area contributed by atoms with Crippen LogP contribution in [0.15, 0.2) is 43.0 Å². The monoisotopic (exact) mass is 405 g/mol. The summed E-state index contributed by atoms with van der Waals surface area (Å²) in [6, 6.07) is 9.06. The largest absolute Gasteiger partial charge is 0.350 e. The summed E-state index contributed by atoms with van der Waals surface area (Å²) in [4.78, 5) is 25.7. The third-order valence-corrected chi connectivity index (χ3v) is 7.92. The Morgan fingerprint density at radius 1 is 1.00 bits per heavy atom. The van der Waals surface area contributed by atoms with Crippen molar-refractivity contribution >= 4 is 21.8 Å². The Labute approximate surface area is 166 Å². The molecule has 0 aromatic heterocycles. The molecule has 2 heterocycles. The lowest BCUT2D eigenvalue weighted by Crippen LogP contribution is -2.51. The molecule has 2 aliphatic rings. The third kappa shape index (κ3) is 4.62. The second-order valence-corrected chi connectivity index (χ2v) is 9.50. The standard InChI is InChI=1S/C20H27N3O4S/c1-2-19(24)21-17-8-14-23(15-9-17)28(26,27)18-10-12-22(13-11-18)20(25)16-6-4-3-5-7-16/h2-7,17-18H,1,8-15H2,(H,21,24). The first-order valence-electron chi connectivity index (χ1n) is 9.68. The fraction of sp³-hybridized carbons (Fsp3) is 0.500. The minimum Gasteiger partial charge on any atom is -0.350 e. The minimum atomic E-state index is -3.39. The molecule has 0 atom stereocenters. The SMILES string of the molecule is C=CC(=O)NC1CCN(S(=O)(=O)C2CCN(C(=O)c3ccccc3)CC2)CC1. The van der Waals surface area contributed by atoms with Crippen molar-refractivity contribution in [1.29, 1.82) is 0 Å². The van der Waals surface area contributed by atoms with Gasteiger partial charge in [-0.15, -0.1) is 0 Å². The molecule has 0 aliphatic carbocycles. The highest BCUT2D eigenvalue weighted by Crippen LogP contribution is 2.25. The van der Waals surface area contributed by atoms with Gasteiger partial charge in [-0.1, -0.05) is 24.8 Å². The molecule has 1 aromatic carbocycles. The third-order valence-electron chi connectivity index (χ3n) is 5.52. The first-order chi connectivity index (χ1) is 13.4. The van der Waals surface area contributed by atoms with Gasteiger partial charge in [0.15, 0.2) is 0 Å². The van der Waals surface area contributed by atoms with E-state index in [1.54, 1.807) is 21.3 Å². The van der Waals surface area contributed by atoms with E-state index in [0.29, 0.717) is 57.4 Å². The number of sulfonamides is 1. The number of nitrogens with zero attached hydrogens (tertiary/aromatic N) is 2. The molecule has 0 spiro atoms. The molecule has 0 saturated carbocycles. The van der Waals surface area contributed by atoms with Crippen LogP contribution in [0, 0.1) is 0 Å². The zero-order valence-electron chi connectivity index (χ0n) is 15.9. The van der Waals surface area contributed by atoms with Crippen LogP contribution in [0.5, 0.6) is 0 Å². The van der Waals surface area contributed by atoms with Crippen molar-refractivity contribution in [3.8, 4) is 0 Å². The summed E-state index contributed by atoms with van der Waals surface area (Å²) in [5.74, 6) is -0.271. The molecule has 1 N–H and O–H groups in total. The van der Waals surface area contributed by atoms with Crippen LogP contribution in [-0.4, -0.2) is 66.9 Å². The van der Waals surface area contributed by atoms with Gasteiger partial charge >= 0.3 is 0 Å². The fourth-order valence-electron chi connectivity index (χ4n) is 3.85. The van der Waals surface area contributed by atoms with Gasteiger partial charge in [-0.05, 0) is 43.9 Å². The van der Waals surface area contributed by atoms with Gasteiger partial charge < -0.3 is 10.2 Å². The number of carbonyl (C=O) groups is 2. The maximum atomic E-state index is 13.0. The van der Waals surface area contributed by atoms with Crippen molar-refractivity contribution in [2.75, 3.05) is 26.2 Å². The van der Waals surface area contributed by atoms with Crippen LogP contribution in [0.2, 0.25) is 0 Å². The summed E-state index contributed by atoms with van der Waals surface area (Å²) in [6.07, 6.45) is 3.34. The smallest absolute Gasteiger partial charge is 0.253 e.